The summed E-state index contributed by atoms with van der Waals surface area (Å²) in [4.78, 5) is 1.02. The highest BCUT2D eigenvalue weighted by atomic mass is 32.1. The van der Waals surface area contributed by atoms with E-state index in [4.69, 9.17) is 5.73 Å². The van der Waals surface area contributed by atoms with Gasteiger partial charge in [-0.25, -0.2) is 0 Å². The van der Waals surface area contributed by atoms with Crippen molar-refractivity contribution < 1.29 is 0 Å². The average molecular weight is 197 g/mol. The number of hydrogen-bond donors (Lipinski definition) is 2. The lowest BCUT2D eigenvalue weighted by atomic mass is 10.1. The van der Waals surface area contributed by atoms with Crippen molar-refractivity contribution in [3.05, 3.63) is 29.3 Å². The van der Waals surface area contributed by atoms with Gasteiger partial charge < -0.3 is 5.73 Å². The predicted octanol–water partition coefficient (Wildman–Crippen LogP) is 2.81. The molecule has 2 N–H and O–H groups in total. The van der Waals surface area contributed by atoms with Gasteiger partial charge in [0.25, 0.3) is 0 Å². The largest absolute Gasteiger partial charge is 0.330 e. The maximum atomic E-state index is 5.45. The van der Waals surface area contributed by atoms with E-state index in [1.165, 1.54) is 11.1 Å². The topological polar surface area (TPSA) is 26.0 Å². The summed E-state index contributed by atoms with van der Waals surface area (Å²) in [5, 5.41) is 0. The Kier molecular flexibility index (Phi) is 6.73. The van der Waals surface area contributed by atoms with Gasteiger partial charge in [-0.3, -0.25) is 0 Å². The lowest BCUT2D eigenvalue weighted by Gasteiger charge is -2.03. The van der Waals surface area contributed by atoms with E-state index in [-0.39, 0.29) is 0 Å². The molecule has 0 aromatic heterocycles. The van der Waals surface area contributed by atoms with Gasteiger partial charge in [0.05, 0.1) is 0 Å². The fourth-order valence-corrected chi connectivity index (χ4v) is 1.38. The van der Waals surface area contributed by atoms with Crippen LogP contribution in [-0.2, 0) is 6.42 Å². The summed E-state index contributed by atoms with van der Waals surface area (Å²) in [6.45, 7) is 6.80. The summed E-state index contributed by atoms with van der Waals surface area (Å²) in [6, 6.07) is 6.15. The second-order valence-corrected chi connectivity index (χ2v) is 3.17. The molecular weight excluding hydrogens is 178 g/mol. The molecular formula is C11H19NS. The monoisotopic (exact) mass is 197 g/mol. The summed E-state index contributed by atoms with van der Waals surface area (Å²) in [6.07, 6.45) is 0.958. The van der Waals surface area contributed by atoms with Crippen LogP contribution in [0.25, 0.3) is 0 Å². The van der Waals surface area contributed by atoms with Gasteiger partial charge in [0.2, 0.25) is 0 Å². The second-order valence-electron chi connectivity index (χ2n) is 2.65. The fourth-order valence-electron chi connectivity index (χ4n) is 1.12. The van der Waals surface area contributed by atoms with Gasteiger partial charge in [-0.15, -0.1) is 12.6 Å². The van der Waals surface area contributed by atoms with E-state index in [1.54, 1.807) is 0 Å². The van der Waals surface area contributed by atoms with Crippen molar-refractivity contribution in [3.63, 3.8) is 0 Å². The minimum absolute atomic E-state index is 0.715. The third kappa shape index (κ3) is 4.34. The molecule has 74 valence electrons. The molecule has 2 heteroatoms. The number of thiol groups is 1. The van der Waals surface area contributed by atoms with Gasteiger partial charge in [-0.1, -0.05) is 19.9 Å². The van der Waals surface area contributed by atoms with Gasteiger partial charge in [0.1, 0.15) is 0 Å². The van der Waals surface area contributed by atoms with E-state index in [9.17, 15) is 0 Å². The first kappa shape index (κ1) is 12.5. The Morgan fingerprint density at radius 1 is 1.31 bits per heavy atom. The number of aryl methyl sites for hydroxylation is 1. The summed E-state index contributed by atoms with van der Waals surface area (Å²) >= 11 is 4.24. The molecule has 0 fully saturated rings. The SMILES string of the molecule is CC.Cc1cc(S)ccc1CCN. The lowest BCUT2D eigenvalue weighted by molar-refractivity contribution is 0.955. The molecule has 0 atom stereocenters. The summed E-state index contributed by atoms with van der Waals surface area (Å²) in [5.74, 6) is 0. The van der Waals surface area contributed by atoms with E-state index < -0.39 is 0 Å². The molecule has 0 heterocycles. The lowest BCUT2D eigenvalue weighted by Crippen LogP contribution is -2.03. The van der Waals surface area contributed by atoms with E-state index in [2.05, 4.69) is 31.7 Å². The Hall–Kier alpha value is -0.470. The number of hydrogen-bond acceptors (Lipinski definition) is 2. The maximum Gasteiger partial charge on any atom is 0.00428 e. The van der Waals surface area contributed by atoms with Crippen LogP contribution in [0, 0.1) is 6.92 Å². The molecule has 0 saturated heterocycles. The van der Waals surface area contributed by atoms with Crippen LogP contribution in [0.5, 0.6) is 0 Å². The van der Waals surface area contributed by atoms with Gasteiger partial charge >= 0.3 is 0 Å². The first-order valence-electron chi connectivity index (χ1n) is 4.72. The summed E-state index contributed by atoms with van der Waals surface area (Å²) in [5.41, 5.74) is 8.05. The van der Waals surface area contributed by atoms with Crippen molar-refractivity contribution in [1.82, 2.24) is 0 Å². The zero-order chi connectivity index (χ0) is 10.3. The minimum Gasteiger partial charge on any atom is -0.330 e. The van der Waals surface area contributed by atoms with Crippen LogP contribution in [0.2, 0.25) is 0 Å². The first-order chi connectivity index (χ1) is 6.24. The molecule has 0 saturated carbocycles. The van der Waals surface area contributed by atoms with Gasteiger partial charge in [0, 0.05) is 4.90 Å². The highest BCUT2D eigenvalue weighted by Gasteiger charge is 1.95. The standard InChI is InChI=1S/C9H13NS.C2H6/c1-7-6-9(11)3-2-8(7)4-5-10;1-2/h2-3,6,11H,4-5,10H2,1H3;1-2H3. The molecule has 0 unspecified atom stereocenters. The molecule has 0 aliphatic carbocycles. The molecule has 0 amide bonds. The van der Waals surface area contributed by atoms with Crippen molar-refractivity contribution in [2.75, 3.05) is 6.54 Å². The molecule has 0 bridgehead atoms. The van der Waals surface area contributed by atoms with E-state index >= 15 is 0 Å². The smallest absolute Gasteiger partial charge is 0.00428 e. The Morgan fingerprint density at radius 3 is 2.38 bits per heavy atom. The van der Waals surface area contributed by atoms with E-state index in [0.29, 0.717) is 6.54 Å². The van der Waals surface area contributed by atoms with Crippen LogP contribution < -0.4 is 5.73 Å². The van der Waals surface area contributed by atoms with Crippen LogP contribution in [0.15, 0.2) is 23.1 Å². The summed E-state index contributed by atoms with van der Waals surface area (Å²) in [7, 11) is 0. The van der Waals surface area contributed by atoms with E-state index in [0.717, 1.165) is 11.3 Å². The number of rotatable bonds is 2. The molecule has 0 spiro atoms. The molecule has 0 aliphatic heterocycles. The third-order valence-corrected chi connectivity index (χ3v) is 2.02. The highest BCUT2D eigenvalue weighted by Crippen LogP contribution is 2.13. The molecule has 1 rings (SSSR count). The number of benzene rings is 1. The van der Waals surface area contributed by atoms with Crippen molar-refractivity contribution in [2.45, 2.75) is 32.1 Å². The third-order valence-electron chi connectivity index (χ3n) is 1.74. The molecule has 1 aromatic carbocycles. The Balaban J connectivity index is 0.000000671. The second kappa shape index (κ2) is 6.98. The predicted molar refractivity (Wildman–Crippen MR) is 62.5 cm³/mol. The molecule has 1 aromatic rings. The Labute approximate surface area is 86.8 Å². The minimum atomic E-state index is 0.715. The van der Waals surface area contributed by atoms with Crippen molar-refractivity contribution in [2.24, 2.45) is 5.73 Å². The van der Waals surface area contributed by atoms with Crippen LogP contribution in [0.3, 0.4) is 0 Å². The number of nitrogens with two attached hydrogens (primary N) is 1. The fraction of sp³-hybridized carbons (Fsp3) is 0.455. The molecule has 1 nitrogen and oxygen atoms in total. The van der Waals surface area contributed by atoms with Gasteiger partial charge in [-0.2, -0.15) is 0 Å². The Bertz CT molecular complexity index is 246. The van der Waals surface area contributed by atoms with Crippen molar-refractivity contribution in [3.8, 4) is 0 Å². The van der Waals surface area contributed by atoms with Crippen molar-refractivity contribution >= 4 is 12.6 Å². The first-order valence-corrected chi connectivity index (χ1v) is 5.17. The quantitative estimate of drug-likeness (QED) is 0.701. The van der Waals surface area contributed by atoms with Crippen LogP contribution in [-0.4, -0.2) is 6.54 Å². The van der Waals surface area contributed by atoms with Crippen molar-refractivity contribution in [1.29, 1.82) is 0 Å². The van der Waals surface area contributed by atoms with Crippen LogP contribution >= 0.6 is 12.6 Å². The zero-order valence-corrected chi connectivity index (χ0v) is 9.57. The van der Waals surface area contributed by atoms with E-state index in [1.807, 2.05) is 19.9 Å². The van der Waals surface area contributed by atoms with Gasteiger partial charge in [0.15, 0.2) is 0 Å². The molecule has 0 aliphatic rings. The zero-order valence-electron chi connectivity index (χ0n) is 8.67. The maximum absolute atomic E-state index is 5.45. The normalized spacial score (nSPS) is 9.00. The van der Waals surface area contributed by atoms with Gasteiger partial charge in [-0.05, 0) is 43.1 Å². The van der Waals surface area contributed by atoms with Crippen LogP contribution in [0.1, 0.15) is 25.0 Å². The molecule has 0 radical (unpaired) electrons. The Morgan fingerprint density at radius 2 is 1.92 bits per heavy atom. The van der Waals surface area contributed by atoms with Crippen LogP contribution in [0.4, 0.5) is 0 Å². The molecule has 13 heavy (non-hydrogen) atoms. The average Bonchev–Trinajstić information content (AvgIpc) is 2.14. The highest BCUT2D eigenvalue weighted by molar-refractivity contribution is 7.80. The summed E-state index contributed by atoms with van der Waals surface area (Å²) < 4.78 is 0.